The highest BCUT2D eigenvalue weighted by molar-refractivity contribution is 7.92. The van der Waals surface area contributed by atoms with Crippen LogP contribution in [-0.4, -0.2) is 33.1 Å². The first-order valence-electron chi connectivity index (χ1n) is 10.8. The van der Waals surface area contributed by atoms with Crippen molar-refractivity contribution >= 4 is 33.2 Å². The van der Waals surface area contributed by atoms with E-state index >= 15 is 0 Å². The second-order valence-electron chi connectivity index (χ2n) is 8.10. The van der Waals surface area contributed by atoms with Crippen LogP contribution in [0.4, 0.5) is 5.69 Å². The van der Waals surface area contributed by atoms with Crippen LogP contribution in [0.25, 0.3) is 0 Å². The van der Waals surface area contributed by atoms with Crippen LogP contribution >= 0.6 is 11.6 Å². The van der Waals surface area contributed by atoms with Gasteiger partial charge in [-0.25, -0.2) is 8.42 Å². The van der Waals surface area contributed by atoms with Gasteiger partial charge in [-0.05, 0) is 67.9 Å². The molecule has 1 heterocycles. The van der Waals surface area contributed by atoms with Gasteiger partial charge in [-0.2, -0.15) is 0 Å². The zero-order chi connectivity index (χ0) is 24.3. The zero-order valence-electron chi connectivity index (χ0n) is 18.8. The first-order valence-corrected chi connectivity index (χ1v) is 12.6. The van der Waals surface area contributed by atoms with E-state index < -0.39 is 22.0 Å². The molecule has 3 aromatic rings. The molecule has 0 fully saturated rings. The summed E-state index contributed by atoms with van der Waals surface area (Å²) >= 11 is 5.92. The van der Waals surface area contributed by atoms with Crippen LogP contribution in [0, 0.1) is 0 Å². The van der Waals surface area contributed by atoms with Crippen molar-refractivity contribution in [1.82, 2.24) is 5.32 Å². The number of carbonyl (C=O) groups excluding carboxylic acids is 1. The predicted molar refractivity (Wildman–Crippen MR) is 131 cm³/mol. The number of sulfonamides is 1. The van der Waals surface area contributed by atoms with E-state index in [9.17, 15) is 13.2 Å². The quantitative estimate of drug-likeness (QED) is 0.519. The highest BCUT2D eigenvalue weighted by Gasteiger charge is 2.37. The average molecular weight is 501 g/mol. The number of fused-ring (bicyclic) bond motifs is 1. The molecule has 1 atom stereocenters. The molecule has 34 heavy (non-hydrogen) atoms. The number of para-hydroxylation sites is 2. The third kappa shape index (κ3) is 5.29. The van der Waals surface area contributed by atoms with E-state index in [-0.39, 0.29) is 24.1 Å². The van der Waals surface area contributed by atoms with Gasteiger partial charge in [0, 0.05) is 11.6 Å². The third-order valence-corrected chi connectivity index (χ3v) is 7.21. The minimum Gasteiger partial charge on any atom is -0.491 e. The molecule has 0 aromatic heterocycles. The van der Waals surface area contributed by atoms with E-state index in [0.29, 0.717) is 22.2 Å². The fourth-order valence-corrected chi connectivity index (χ4v) is 5.21. The van der Waals surface area contributed by atoms with Crippen LogP contribution in [0.3, 0.4) is 0 Å². The Bertz CT molecular complexity index is 1280. The van der Waals surface area contributed by atoms with Crippen LogP contribution in [0.2, 0.25) is 5.02 Å². The second kappa shape index (κ2) is 9.95. The lowest BCUT2D eigenvalue weighted by molar-refractivity contribution is -0.127. The van der Waals surface area contributed by atoms with E-state index in [1.807, 2.05) is 38.1 Å². The Balaban J connectivity index is 1.54. The molecule has 1 N–H and O–H groups in total. The molecule has 0 saturated carbocycles. The van der Waals surface area contributed by atoms with Crippen molar-refractivity contribution in [3.63, 3.8) is 0 Å². The topological polar surface area (TPSA) is 84.9 Å². The molecule has 1 unspecified atom stereocenters. The van der Waals surface area contributed by atoms with Crippen LogP contribution in [0.15, 0.2) is 77.7 Å². The Morgan fingerprint density at radius 1 is 1.12 bits per heavy atom. The lowest BCUT2D eigenvalue weighted by atomic mass is 10.2. The average Bonchev–Trinajstić information content (AvgIpc) is 2.82. The summed E-state index contributed by atoms with van der Waals surface area (Å²) < 4.78 is 39.6. The first kappa shape index (κ1) is 23.9. The summed E-state index contributed by atoms with van der Waals surface area (Å²) in [7, 11) is -3.94. The molecule has 1 amide bonds. The highest BCUT2D eigenvalue weighted by Crippen LogP contribution is 2.37. The molecule has 3 aromatic carbocycles. The highest BCUT2D eigenvalue weighted by atomic mass is 35.5. The van der Waals surface area contributed by atoms with Crippen molar-refractivity contribution in [3.05, 3.63) is 83.4 Å². The number of benzene rings is 3. The van der Waals surface area contributed by atoms with Gasteiger partial charge in [0.05, 0.1) is 23.2 Å². The number of halogens is 1. The van der Waals surface area contributed by atoms with Gasteiger partial charge < -0.3 is 14.8 Å². The van der Waals surface area contributed by atoms with Gasteiger partial charge >= 0.3 is 0 Å². The summed E-state index contributed by atoms with van der Waals surface area (Å²) in [6.07, 6.45) is -0.985. The molecule has 4 rings (SSSR count). The lowest BCUT2D eigenvalue weighted by Gasteiger charge is -2.34. The smallest absolute Gasteiger partial charge is 0.264 e. The van der Waals surface area contributed by atoms with E-state index in [2.05, 4.69) is 5.32 Å². The van der Waals surface area contributed by atoms with Crippen LogP contribution in [0.1, 0.15) is 19.4 Å². The molecule has 0 radical (unpaired) electrons. The number of carbonyl (C=O) groups is 1. The Kier molecular flexibility index (Phi) is 7.00. The summed E-state index contributed by atoms with van der Waals surface area (Å²) in [4.78, 5) is 13.1. The number of nitrogens with zero attached hydrogens (tertiary/aromatic N) is 1. The minimum absolute atomic E-state index is 0.0362. The zero-order valence-corrected chi connectivity index (χ0v) is 20.3. The summed E-state index contributed by atoms with van der Waals surface area (Å²) in [5.41, 5.74) is 1.23. The van der Waals surface area contributed by atoms with Gasteiger partial charge in [-0.15, -0.1) is 0 Å². The van der Waals surface area contributed by atoms with E-state index in [4.69, 9.17) is 21.1 Å². The Labute approximate surface area is 204 Å². The Morgan fingerprint density at radius 2 is 1.85 bits per heavy atom. The molecule has 0 aliphatic carbocycles. The largest absolute Gasteiger partial charge is 0.491 e. The van der Waals surface area contributed by atoms with Gasteiger partial charge in [-0.3, -0.25) is 9.10 Å². The van der Waals surface area contributed by atoms with Crippen LogP contribution < -0.4 is 19.1 Å². The molecule has 7 nitrogen and oxygen atoms in total. The van der Waals surface area contributed by atoms with Crippen molar-refractivity contribution in [2.24, 2.45) is 0 Å². The second-order valence-corrected chi connectivity index (χ2v) is 10.4. The molecular weight excluding hydrogens is 476 g/mol. The number of anilines is 1. The number of hydrogen-bond acceptors (Lipinski definition) is 5. The fraction of sp³-hybridized carbons (Fsp3) is 0.240. The van der Waals surface area contributed by atoms with E-state index in [1.165, 1.54) is 28.6 Å². The third-order valence-electron chi connectivity index (χ3n) is 5.17. The number of rotatable bonds is 7. The van der Waals surface area contributed by atoms with Gasteiger partial charge in [-0.1, -0.05) is 35.9 Å². The summed E-state index contributed by atoms with van der Waals surface area (Å²) in [5, 5.41) is 3.27. The van der Waals surface area contributed by atoms with Crippen molar-refractivity contribution in [2.75, 3.05) is 10.8 Å². The number of ether oxygens (including phenoxy) is 2. The molecule has 0 spiro atoms. The van der Waals surface area contributed by atoms with Crippen molar-refractivity contribution in [3.8, 4) is 11.5 Å². The maximum Gasteiger partial charge on any atom is 0.264 e. The van der Waals surface area contributed by atoms with Gasteiger partial charge in [0.25, 0.3) is 15.9 Å². The number of amides is 1. The van der Waals surface area contributed by atoms with E-state index in [1.54, 1.807) is 24.3 Å². The summed E-state index contributed by atoms with van der Waals surface area (Å²) in [6.45, 7) is 3.97. The lowest BCUT2D eigenvalue weighted by Crippen LogP contribution is -2.50. The minimum atomic E-state index is -3.94. The van der Waals surface area contributed by atoms with Crippen LogP contribution in [0.5, 0.6) is 11.5 Å². The standard InChI is InChI=1S/C25H25ClN2O5S/c1-17(2)32-20-7-5-6-18(14-20)15-27-25(29)24-16-28(22-8-3-4-9-23(22)33-24)34(30,31)21-12-10-19(26)11-13-21/h3-14,17,24H,15-16H2,1-2H3,(H,27,29). The van der Waals surface area contributed by atoms with Crippen molar-refractivity contribution in [2.45, 2.75) is 37.5 Å². The summed E-state index contributed by atoms with van der Waals surface area (Å²) in [5.74, 6) is 0.615. The normalized spacial score (nSPS) is 15.4. The molecule has 1 aliphatic heterocycles. The number of nitrogens with one attached hydrogen (secondary N) is 1. The van der Waals surface area contributed by atoms with Crippen LogP contribution in [-0.2, 0) is 21.4 Å². The Morgan fingerprint density at radius 3 is 2.59 bits per heavy atom. The van der Waals surface area contributed by atoms with Gasteiger partial charge in [0.2, 0.25) is 0 Å². The molecule has 0 saturated heterocycles. The van der Waals surface area contributed by atoms with Gasteiger partial charge in [0.1, 0.15) is 11.5 Å². The monoisotopic (exact) mass is 500 g/mol. The molecule has 1 aliphatic rings. The van der Waals surface area contributed by atoms with Crippen molar-refractivity contribution < 1.29 is 22.7 Å². The first-order chi connectivity index (χ1) is 16.2. The molecule has 9 heteroatoms. The fourth-order valence-electron chi connectivity index (χ4n) is 3.60. The van der Waals surface area contributed by atoms with E-state index in [0.717, 1.165) is 5.56 Å². The van der Waals surface area contributed by atoms with Gasteiger partial charge in [0.15, 0.2) is 6.10 Å². The SMILES string of the molecule is CC(C)Oc1cccc(CNC(=O)C2CN(S(=O)(=O)c3ccc(Cl)cc3)c3ccccc3O2)c1. The summed E-state index contributed by atoms with van der Waals surface area (Å²) in [6, 6.07) is 20.1. The maximum absolute atomic E-state index is 13.4. The Hall–Kier alpha value is -3.23. The molecule has 0 bridgehead atoms. The maximum atomic E-state index is 13.4. The number of hydrogen-bond donors (Lipinski definition) is 1. The molecular formula is C25H25ClN2O5S. The van der Waals surface area contributed by atoms with Crippen molar-refractivity contribution in [1.29, 1.82) is 0 Å². The predicted octanol–water partition coefficient (Wildman–Crippen LogP) is 4.40. The molecule has 178 valence electrons.